The van der Waals surface area contributed by atoms with E-state index in [4.69, 9.17) is 10.5 Å². The summed E-state index contributed by atoms with van der Waals surface area (Å²) in [6.07, 6.45) is 0. The van der Waals surface area contributed by atoms with Gasteiger partial charge in [0.25, 0.3) is 0 Å². The number of rotatable bonds is 1. The van der Waals surface area contributed by atoms with Crippen molar-refractivity contribution in [3.05, 3.63) is 35.9 Å². The molecule has 3 nitrogen and oxygen atoms in total. The molecule has 1 aromatic carbocycles. The molecular weight excluding hydrogens is 197 g/mol. The topological polar surface area (TPSA) is 61.2 Å². The fourth-order valence-corrected chi connectivity index (χ4v) is 0.526. The fourth-order valence-electron chi connectivity index (χ4n) is 0.526. The number of thiocarbonyl (C=S) groups is 1. The molecule has 0 saturated heterocycles. The third-order valence-corrected chi connectivity index (χ3v) is 0.939. The first kappa shape index (κ1) is 15.0. The first-order valence-corrected chi connectivity index (χ1v) is 3.37. The monoisotopic (exact) mass is 203 g/mol. The van der Waals surface area contributed by atoms with Gasteiger partial charge in [0.05, 0.1) is 5.16 Å². The quantitative estimate of drug-likeness (QED) is 0.262. The molecule has 0 amide bonds. The molecule has 0 unspecified atom stereocenters. The van der Waals surface area contributed by atoms with Crippen molar-refractivity contribution in [3.63, 3.8) is 0 Å². The zero-order valence-corrected chi connectivity index (χ0v) is 9.89. The van der Waals surface area contributed by atoms with Gasteiger partial charge < -0.3 is 9.90 Å². The number of carboxylic acid groups (broad SMARTS) is 1. The van der Waals surface area contributed by atoms with Crippen molar-refractivity contribution < 1.29 is 39.5 Å². The normalized spacial score (nSPS) is 6.77. The Bertz CT molecular complexity index is 283. The first-order chi connectivity index (χ1) is 5.72. The Morgan fingerprint density at radius 3 is 2.38 bits per heavy atom. The van der Waals surface area contributed by atoms with Crippen LogP contribution in [-0.2, 0) is 0 Å². The molecule has 0 aliphatic heterocycles. The third kappa shape index (κ3) is 7.84. The summed E-state index contributed by atoms with van der Waals surface area (Å²) in [7, 11) is 0. The fraction of sp³-hybridized carbons (Fsp3) is 0. The largest absolute Gasteiger partial charge is 1.00 e. The predicted octanol–water partition coefficient (Wildman–Crippen LogP) is -1.14. The van der Waals surface area contributed by atoms with Crippen LogP contribution in [0.5, 0.6) is 0 Å². The van der Waals surface area contributed by atoms with Gasteiger partial charge in [-0.15, -0.1) is 30.3 Å². The summed E-state index contributed by atoms with van der Waals surface area (Å²) in [4.78, 5) is 10.2. The standard InChI is InChI=1S/C7H5O2.CHNS.Na/c8-7(9)6-4-2-1-3-5-6;2-1-3;/h1-4H,(H,8,9);2H;/q-1;;+1. The number of hydrogen-bond donors (Lipinski definition) is 2. The van der Waals surface area contributed by atoms with Crippen molar-refractivity contribution in [2.24, 2.45) is 0 Å². The van der Waals surface area contributed by atoms with E-state index >= 15 is 0 Å². The van der Waals surface area contributed by atoms with Crippen LogP contribution in [0.4, 0.5) is 0 Å². The van der Waals surface area contributed by atoms with Gasteiger partial charge in [-0.05, 0) is 12.2 Å². The summed E-state index contributed by atoms with van der Waals surface area (Å²) in [5.74, 6) is -0.935. The van der Waals surface area contributed by atoms with Gasteiger partial charge in [0.1, 0.15) is 0 Å². The van der Waals surface area contributed by atoms with Crippen molar-refractivity contribution >= 4 is 23.3 Å². The molecule has 0 radical (unpaired) electrons. The zero-order valence-electron chi connectivity index (χ0n) is 7.07. The number of hydrogen-bond acceptors (Lipinski definition) is 3. The molecule has 62 valence electrons. The second-order valence-corrected chi connectivity index (χ2v) is 1.89. The number of aromatic carboxylic acids is 1. The minimum atomic E-state index is -0.935. The Labute approximate surface area is 104 Å². The van der Waals surface area contributed by atoms with Crippen LogP contribution in [0.2, 0.25) is 0 Å². The van der Waals surface area contributed by atoms with Crippen LogP contribution < -0.4 is 29.6 Å². The van der Waals surface area contributed by atoms with E-state index in [0.29, 0.717) is 0 Å². The SMILES string of the molecule is N=C=S.O=C(O)c1[c-]cccc1.[Na+]. The number of isothiocyanates is 1. The van der Waals surface area contributed by atoms with Crippen LogP contribution >= 0.6 is 12.2 Å². The molecule has 0 heterocycles. The van der Waals surface area contributed by atoms with Gasteiger partial charge in [-0.2, -0.15) is 0 Å². The molecule has 0 atom stereocenters. The first-order valence-electron chi connectivity index (χ1n) is 2.96. The Morgan fingerprint density at radius 2 is 2.15 bits per heavy atom. The van der Waals surface area contributed by atoms with Gasteiger partial charge in [0, 0.05) is 0 Å². The molecule has 5 heteroatoms. The van der Waals surface area contributed by atoms with Gasteiger partial charge in [0.15, 0.2) is 0 Å². The molecule has 1 rings (SSSR count). The van der Waals surface area contributed by atoms with Crippen LogP contribution in [0.3, 0.4) is 0 Å². The minimum Gasteiger partial charge on any atom is -0.521 e. The number of benzene rings is 1. The van der Waals surface area contributed by atoms with Gasteiger partial charge in [-0.1, -0.05) is 5.56 Å². The molecule has 0 aliphatic carbocycles. The Morgan fingerprint density at radius 1 is 1.62 bits per heavy atom. The van der Waals surface area contributed by atoms with Crippen molar-refractivity contribution in [3.8, 4) is 0 Å². The molecule has 2 N–H and O–H groups in total. The molecule has 0 aromatic heterocycles. The van der Waals surface area contributed by atoms with E-state index in [2.05, 4.69) is 18.3 Å². The van der Waals surface area contributed by atoms with Gasteiger partial charge >= 0.3 is 29.6 Å². The average molecular weight is 203 g/mol. The second kappa shape index (κ2) is 9.58. The van der Waals surface area contributed by atoms with E-state index < -0.39 is 5.97 Å². The van der Waals surface area contributed by atoms with E-state index in [0.717, 1.165) is 0 Å². The number of carboxylic acids is 1. The smallest absolute Gasteiger partial charge is 0.521 e. The molecule has 0 spiro atoms. The molecule has 0 saturated carbocycles. The van der Waals surface area contributed by atoms with Crippen molar-refractivity contribution in [1.29, 1.82) is 5.41 Å². The molecule has 0 aliphatic rings. The van der Waals surface area contributed by atoms with Gasteiger partial charge in [0.2, 0.25) is 5.97 Å². The molecule has 0 fully saturated rings. The Kier molecular flexibility index (Phi) is 11.0. The summed E-state index contributed by atoms with van der Waals surface area (Å²) < 4.78 is 0. The summed E-state index contributed by atoms with van der Waals surface area (Å²) in [6, 6.07) is 9.04. The van der Waals surface area contributed by atoms with Crippen LogP contribution in [-0.4, -0.2) is 16.2 Å². The summed E-state index contributed by atoms with van der Waals surface area (Å²) >= 11 is 3.81. The number of nitrogens with one attached hydrogen (secondary N) is 1. The third-order valence-electron chi connectivity index (χ3n) is 0.939. The van der Waals surface area contributed by atoms with Crippen LogP contribution in [0, 0.1) is 11.5 Å². The maximum Gasteiger partial charge on any atom is 1.00 e. The van der Waals surface area contributed by atoms with Crippen LogP contribution in [0.15, 0.2) is 24.3 Å². The average Bonchev–Trinajstić information content (AvgIpc) is 2.07. The Hall–Kier alpha value is -0.510. The second-order valence-electron chi connectivity index (χ2n) is 1.68. The maximum absolute atomic E-state index is 10.2. The van der Waals surface area contributed by atoms with Crippen molar-refractivity contribution in [1.82, 2.24) is 0 Å². The zero-order chi connectivity index (χ0) is 9.40. The van der Waals surface area contributed by atoms with Crippen LogP contribution in [0.25, 0.3) is 0 Å². The van der Waals surface area contributed by atoms with E-state index in [9.17, 15) is 4.79 Å². The predicted molar refractivity (Wildman–Crippen MR) is 47.6 cm³/mol. The van der Waals surface area contributed by atoms with E-state index in [1.54, 1.807) is 23.4 Å². The summed E-state index contributed by atoms with van der Waals surface area (Å²) in [6.45, 7) is 0. The molecule has 0 bridgehead atoms. The minimum absolute atomic E-state index is 0. The Balaban J connectivity index is 0. The maximum atomic E-state index is 10.2. The summed E-state index contributed by atoms with van der Waals surface area (Å²) in [5, 5.41) is 15.7. The van der Waals surface area contributed by atoms with E-state index in [1.807, 2.05) is 0 Å². The van der Waals surface area contributed by atoms with Crippen molar-refractivity contribution in [2.45, 2.75) is 0 Å². The molecule has 13 heavy (non-hydrogen) atoms. The van der Waals surface area contributed by atoms with E-state index in [-0.39, 0.29) is 35.1 Å². The van der Waals surface area contributed by atoms with Crippen molar-refractivity contribution in [2.75, 3.05) is 0 Å². The summed E-state index contributed by atoms with van der Waals surface area (Å²) in [5.41, 5.74) is 0.206. The van der Waals surface area contributed by atoms with Gasteiger partial charge in [-0.25, -0.2) is 5.41 Å². The molecule has 1 aromatic rings. The van der Waals surface area contributed by atoms with Gasteiger partial charge in [-0.3, -0.25) is 0 Å². The molecular formula is C8H6NNaO2S. The van der Waals surface area contributed by atoms with Crippen LogP contribution in [0.1, 0.15) is 10.4 Å². The number of carbonyl (C=O) groups is 1. The van der Waals surface area contributed by atoms with E-state index in [1.165, 1.54) is 6.07 Å².